The predicted molar refractivity (Wildman–Crippen MR) is 76.9 cm³/mol. The summed E-state index contributed by atoms with van der Waals surface area (Å²) in [6, 6.07) is 4.99. The Hall–Kier alpha value is -2.38. The molecule has 0 saturated heterocycles. The van der Waals surface area contributed by atoms with Gasteiger partial charge >= 0.3 is 6.18 Å². The maximum absolute atomic E-state index is 12.7. The second-order valence-electron chi connectivity index (χ2n) is 5.60. The highest BCUT2D eigenvalue weighted by atomic mass is 19.4. The van der Waals surface area contributed by atoms with Crippen molar-refractivity contribution in [1.82, 2.24) is 14.8 Å². The second kappa shape index (κ2) is 5.68. The molecular weight excluding hydrogens is 309 g/mol. The van der Waals surface area contributed by atoms with E-state index < -0.39 is 17.8 Å². The van der Waals surface area contributed by atoms with Gasteiger partial charge in [0.25, 0.3) is 5.91 Å². The van der Waals surface area contributed by atoms with Gasteiger partial charge in [-0.05, 0) is 37.8 Å². The highest BCUT2D eigenvalue weighted by Crippen LogP contribution is 2.40. The van der Waals surface area contributed by atoms with Crippen LogP contribution < -0.4 is 5.32 Å². The first-order valence-corrected chi connectivity index (χ1v) is 7.25. The number of hydrogen-bond donors (Lipinski definition) is 1. The summed E-state index contributed by atoms with van der Waals surface area (Å²) in [6.45, 7) is 2.00. The third-order valence-electron chi connectivity index (χ3n) is 3.87. The Bertz CT molecular complexity index is 722. The Kier molecular flexibility index (Phi) is 3.83. The molecule has 0 aromatic carbocycles. The lowest BCUT2D eigenvalue weighted by atomic mass is 10.2. The standard InChI is InChI=1S/C15H15F3N4O/c1-9(10-5-6-10)22-13(7-8-19-22)21-14(23)11-3-2-4-12(20-11)15(16,17)18/h2-4,7-10H,5-6H2,1H3,(H,21,23). The van der Waals surface area contributed by atoms with Crippen LogP contribution in [-0.4, -0.2) is 20.7 Å². The van der Waals surface area contributed by atoms with Crippen LogP contribution in [0.1, 0.15) is 42.0 Å². The number of nitrogens with zero attached hydrogens (tertiary/aromatic N) is 3. The van der Waals surface area contributed by atoms with E-state index in [4.69, 9.17) is 0 Å². The molecule has 1 unspecified atom stereocenters. The van der Waals surface area contributed by atoms with Gasteiger partial charge in [-0.15, -0.1) is 0 Å². The number of alkyl halides is 3. The van der Waals surface area contributed by atoms with Crippen molar-refractivity contribution < 1.29 is 18.0 Å². The van der Waals surface area contributed by atoms with Crippen LogP contribution in [0.15, 0.2) is 30.5 Å². The van der Waals surface area contributed by atoms with Crippen LogP contribution in [0.5, 0.6) is 0 Å². The Balaban J connectivity index is 1.79. The average molecular weight is 324 g/mol. The number of anilines is 1. The van der Waals surface area contributed by atoms with Gasteiger partial charge < -0.3 is 5.32 Å². The van der Waals surface area contributed by atoms with Gasteiger partial charge in [0, 0.05) is 6.07 Å². The van der Waals surface area contributed by atoms with Gasteiger partial charge in [-0.1, -0.05) is 6.07 Å². The molecule has 1 fully saturated rings. The van der Waals surface area contributed by atoms with Gasteiger partial charge in [0.05, 0.1) is 12.2 Å². The van der Waals surface area contributed by atoms with Gasteiger partial charge in [-0.2, -0.15) is 18.3 Å². The van der Waals surface area contributed by atoms with E-state index in [1.54, 1.807) is 16.9 Å². The Morgan fingerprint density at radius 1 is 1.35 bits per heavy atom. The van der Waals surface area contributed by atoms with Gasteiger partial charge in [0.15, 0.2) is 0 Å². The zero-order valence-electron chi connectivity index (χ0n) is 12.3. The number of halogens is 3. The van der Waals surface area contributed by atoms with E-state index in [1.807, 2.05) is 6.92 Å². The summed E-state index contributed by atoms with van der Waals surface area (Å²) >= 11 is 0. The topological polar surface area (TPSA) is 59.8 Å². The molecule has 2 aromatic heterocycles. The Labute approximate surface area is 130 Å². The summed E-state index contributed by atoms with van der Waals surface area (Å²) in [7, 11) is 0. The number of carbonyl (C=O) groups is 1. The van der Waals surface area contributed by atoms with E-state index in [-0.39, 0.29) is 11.7 Å². The molecular formula is C15H15F3N4O. The van der Waals surface area contributed by atoms with Gasteiger partial charge in [0.2, 0.25) is 0 Å². The summed E-state index contributed by atoms with van der Waals surface area (Å²) in [5.41, 5.74) is -1.38. The number of rotatable bonds is 4. The molecule has 2 aromatic rings. The van der Waals surface area contributed by atoms with Gasteiger partial charge in [0.1, 0.15) is 17.2 Å². The van der Waals surface area contributed by atoms with Crippen molar-refractivity contribution in [2.75, 3.05) is 5.32 Å². The van der Waals surface area contributed by atoms with Gasteiger partial charge in [-0.25, -0.2) is 9.67 Å². The predicted octanol–water partition coefficient (Wildman–Crippen LogP) is 3.52. The van der Waals surface area contributed by atoms with Crippen LogP contribution in [0.4, 0.5) is 19.0 Å². The van der Waals surface area contributed by atoms with E-state index >= 15 is 0 Å². The molecule has 0 radical (unpaired) electrons. The largest absolute Gasteiger partial charge is 0.433 e. The van der Waals surface area contributed by atoms with Crippen molar-refractivity contribution in [3.8, 4) is 0 Å². The normalized spacial score (nSPS) is 16.2. The van der Waals surface area contributed by atoms with Crippen molar-refractivity contribution in [1.29, 1.82) is 0 Å². The minimum Gasteiger partial charge on any atom is -0.305 e. The minimum absolute atomic E-state index is 0.134. The summed E-state index contributed by atoms with van der Waals surface area (Å²) in [4.78, 5) is 15.5. The fourth-order valence-electron chi connectivity index (χ4n) is 2.42. The zero-order valence-corrected chi connectivity index (χ0v) is 12.3. The summed E-state index contributed by atoms with van der Waals surface area (Å²) in [6.07, 6.45) is -0.806. The van der Waals surface area contributed by atoms with E-state index in [1.165, 1.54) is 6.07 Å². The first-order chi connectivity index (χ1) is 10.9. The van der Waals surface area contributed by atoms with Crippen molar-refractivity contribution in [2.45, 2.75) is 32.0 Å². The van der Waals surface area contributed by atoms with E-state index in [0.29, 0.717) is 11.7 Å². The molecule has 1 aliphatic rings. The van der Waals surface area contributed by atoms with Crippen LogP contribution in [0, 0.1) is 5.92 Å². The highest BCUT2D eigenvalue weighted by molar-refractivity contribution is 6.02. The van der Waals surface area contributed by atoms with Crippen molar-refractivity contribution in [3.63, 3.8) is 0 Å². The van der Waals surface area contributed by atoms with E-state index in [0.717, 1.165) is 25.0 Å². The number of aromatic nitrogens is 3. The van der Waals surface area contributed by atoms with Crippen LogP contribution in [0.2, 0.25) is 0 Å². The first kappa shape index (κ1) is 15.5. The maximum Gasteiger partial charge on any atom is 0.433 e. The Morgan fingerprint density at radius 2 is 2.09 bits per heavy atom. The molecule has 23 heavy (non-hydrogen) atoms. The smallest absolute Gasteiger partial charge is 0.305 e. The average Bonchev–Trinajstić information content (AvgIpc) is 3.26. The molecule has 0 bridgehead atoms. The quantitative estimate of drug-likeness (QED) is 0.936. The molecule has 8 heteroatoms. The third-order valence-corrected chi connectivity index (χ3v) is 3.87. The molecule has 1 N–H and O–H groups in total. The fourth-order valence-corrected chi connectivity index (χ4v) is 2.42. The highest BCUT2D eigenvalue weighted by Gasteiger charge is 2.33. The molecule has 5 nitrogen and oxygen atoms in total. The van der Waals surface area contributed by atoms with Crippen molar-refractivity contribution >= 4 is 11.7 Å². The lowest BCUT2D eigenvalue weighted by Gasteiger charge is -2.15. The SMILES string of the molecule is CC(C1CC1)n1nccc1NC(=O)c1cccc(C(F)(F)F)n1. The van der Waals surface area contributed by atoms with E-state index in [2.05, 4.69) is 15.4 Å². The van der Waals surface area contributed by atoms with Crippen LogP contribution in [0.25, 0.3) is 0 Å². The van der Waals surface area contributed by atoms with Crippen LogP contribution >= 0.6 is 0 Å². The molecule has 1 aliphatic carbocycles. The Morgan fingerprint density at radius 3 is 2.74 bits per heavy atom. The monoisotopic (exact) mass is 324 g/mol. The van der Waals surface area contributed by atoms with Gasteiger partial charge in [-0.3, -0.25) is 4.79 Å². The lowest BCUT2D eigenvalue weighted by Crippen LogP contribution is -2.20. The molecule has 122 valence electrons. The lowest BCUT2D eigenvalue weighted by molar-refractivity contribution is -0.141. The second-order valence-corrected chi connectivity index (χ2v) is 5.60. The first-order valence-electron chi connectivity index (χ1n) is 7.25. The van der Waals surface area contributed by atoms with Crippen LogP contribution in [0.3, 0.4) is 0 Å². The molecule has 2 heterocycles. The molecule has 1 amide bonds. The fraction of sp³-hybridized carbons (Fsp3) is 0.400. The maximum atomic E-state index is 12.7. The molecule has 0 aliphatic heterocycles. The van der Waals surface area contributed by atoms with Crippen LogP contribution in [-0.2, 0) is 6.18 Å². The number of amides is 1. The summed E-state index contributed by atoms with van der Waals surface area (Å²) in [5, 5.41) is 6.76. The molecule has 3 rings (SSSR count). The number of hydrogen-bond acceptors (Lipinski definition) is 3. The van der Waals surface area contributed by atoms with Crippen molar-refractivity contribution in [3.05, 3.63) is 41.9 Å². The minimum atomic E-state index is -4.58. The molecule has 0 spiro atoms. The summed E-state index contributed by atoms with van der Waals surface area (Å²) < 4.78 is 39.7. The number of pyridine rings is 1. The zero-order chi connectivity index (χ0) is 16.6. The third kappa shape index (κ3) is 3.35. The number of carbonyl (C=O) groups excluding carboxylic acids is 1. The van der Waals surface area contributed by atoms with Crippen molar-refractivity contribution in [2.24, 2.45) is 5.92 Å². The number of nitrogens with one attached hydrogen (secondary N) is 1. The molecule has 1 saturated carbocycles. The summed E-state index contributed by atoms with van der Waals surface area (Å²) in [5.74, 6) is 0.284. The van der Waals surface area contributed by atoms with E-state index in [9.17, 15) is 18.0 Å². The molecule has 1 atom stereocenters.